The Hall–Kier alpha value is -4.63. The predicted molar refractivity (Wildman–Crippen MR) is 164 cm³/mol. The number of piperidine rings is 1. The van der Waals surface area contributed by atoms with Crippen molar-refractivity contribution in [1.82, 2.24) is 14.9 Å². The maximum atomic E-state index is 12.0. The zero-order valence-electron chi connectivity index (χ0n) is 22.9. The SMILES string of the molecule is C=CC(=O)N1CCC(Oc2cc3c(Nc4cc(-c5ccc6ccsc6c5)ccc4OC)ncnc3cc2OC)CC1. The number of likely N-dealkylation sites (tertiary alicyclic amines) is 1. The molecule has 3 aromatic carbocycles. The Balaban J connectivity index is 1.31. The van der Waals surface area contributed by atoms with E-state index in [0.717, 1.165) is 40.6 Å². The standard InChI is InChI=1S/C32H30N4O4S/c1-4-31(37)36-12-9-23(10-13-36)40-29-17-24-25(18-28(29)39-3)33-19-34-32(24)35-26-15-21(7-8-27(26)38-2)22-6-5-20-11-14-41-30(20)16-22/h4-8,11,14-19,23H,1,9-10,12-13H2,2-3H3,(H,33,34,35). The Bertz CT molecular complexity index is 1740. The average Bonchev–Trinajstić information content (AvgIpc) is 3.49. The molecule has 9 heteroatoms. The predicted octanol–water partition coefficient (Wildman–Crippen LogP) is 6.83. The van der Waals surface area contributed by atoms with Crippen molar-refractivity contribution in [3.05, 3.63) is 79.0 Å². The highest BCUT2D eigenvalue weighted by Gasteiger charge is 2.24. The van der Waals surface area contributed by atoms with E-state index in [9.17, 15) is 4.79 Å². The Kier molecular flexibility index (Phi) is 7.43. The molecule has 41 heavy (non-hydrogen) atoms. The molecule has 0 saturated carbocycles. The van der Waals surface area contributed by atoms with E-state index in [1.54, 1.807) is 30.5 Å². The Morgan fingerprint density at radius 2 is 1.76 bits per heavy atom. The first kappa shape index (κ1) is 26.6. The molecule has 8 nitrogen and oxygen atoms in total. The van der Waals surface area contributed by atoms with Crippen LogP contribution in [0.4, 0.5) is 11.5 Å². The van der Waals surface area contributed by atoms with Crippen LogP contribution in [0.1, 0.15) is 12.8 Å². The van der Waals surface area contributed by atoms with Gasteiger partial charge >= 0.3 is 0 Å². The van der Waals surface area contributed by atoms with Crippen LogP contribution in [0, 0.1) is 0 Å². The molecular formula is C32H30N4O4S. The molecule has 0 spiro atoms. The summed E-state index contributed by atoms with van der Waals surface area (Å²) in [6.07, 6.45) is 4.28. The van der Waals surface area contributed by atoms with E-state index in [4.69, 9.17) is 14.2 Å². The second-order valence-corrected chi connectivity index (χ2v) is 10.8. The number of nitrogens with one attached hydrogen (secondary N) is 1. The summed E-state index contributed by atoms with van der Waals surface area (Å²) in [5.41, 5.74) is 3.69. The van der Waals surface area contributed by atoms with Crippen molar-refractivity contribution in [1.29, 1.82) is 0 Å². The van der Waals surface area contributed by atoms with Crippen LogP contribution in [-0.2, 0) is 4.79 Å². The van der Waals surface area contributed by atoms with Crippen LogP contribution < -0.4 is 19.5 Å². The van der Waals surface area contributed by atoms with Crippen LogP contribution in [-0.4, -0.2) is 54.2 Å². The number of ether oxygens (including phenoxy) is 3. The Labute approximate surface area is 242 Å². The number of carbonyl (C=O) groups is 1. The van der Waals surface area contributed by atoms with Crippen LogP contribution in [0.5, 0.6) is 17.2 Å². The fourth-order valence-corrected chi connectivity index (χ4v) is 5.99. The van der Waals surface area contributed by atoms with E-state index in [1.807, 2.05) is 18.2 Å². The van der Waals surface area contributed by atoms with Gasteiger partial charge in [0.05, 0.1) is 25.4 Å². The van der Waals surface area contributed by atoms with E-state index in [1.165, 1.54) is 22.5 Å². The number of hydrogen-bond acceptors (Lipinski definition) is 8. The minimum atomic E-state index is -0.0498. The minimum Gasteiger partial charge on any atom is -0.495 e. The van der Waals surface area contributed by atoms with Crippen molar-refractivity contribution < 1.29 is 19.0 Å². The van der Waals surface area contributed by atoms with Crippen LogP contribution >= 0.6 is 11.3 Å². The first-order valence-electron chi connectivity index (χ1n) is 13.4. The van der Waals surface area contributed by atoms with Gasteiger partial charge in [0, 0.05) is 42.1 Å². The number of rotatable bonds is 8. The molecule has 1 N–H and O–H groups in total. The fourth-order valence-electron chi connectivity index (χ4n) is 5.17. The van der Waals surface area contributed by atoms with Gasteiger partial charge in [0.2, 0.25) is 5.91 Å². The minimum absolute atomic E-state index is 0.0475. The highest BCUT2D eigenvalue weighted by Crippen LogP contribution is 2.39. The average molecular weight is 567 g/mol. The highest BCUT2D eigenvalue weighted by molar-refractivity contribution is 7.17. The van der Waals surface area contributed by atoms with Gasteiger partial charge in [-0.25, -0.2) is 9.97 Å². The van der Waals surface area contributed by atoms with Gasteiger partial charge in [-0.3, -0.25) is 4.79 Å². The third-order valence-corrected chi connectivity index (χ3v) is 8.26. The number of thiophene rings is 1. The van der Waals surface area contributed by atoms with Gasteiger partial charge in [0.15, 0.2) is 11.5 Å². The van der Waals surface area contributed by atoms with E-state index in [2.05, 4.69) is 63.6 Å². The third kappa shape index (κ3) is 5.40. The maximum Gasteiger partial charge on any atom is 0.245 e. The number of carbonyl (C=O) groups excluding carboxylic acids is 1. The van der Waals surface area contributed by atoms with Gasteiger partial charge in [0.1, 0.15) is 24.0 Å². The summed E-state index contributed by atoms with van der Waals surface area (Å²) in [6.45, 7) is 4.83. The smallest absolute Gasteiger partial charge is 0.245 e. The largest absolute Gasteiger partial charge is 0.495 e. The summed E-state index contributed by atoms with van der Waals surface area (Å²) in [7, 11) is 3.27. The third-order valence-electron chi connectivity index (χ3n) is 7.38. The molecule has 0 aliphatic carbocycles. The van der Waals surface area contributed by atoms with Gasteiger partial charge < -0.3 is 24.4 Å². The van der Waals surface area contributed by atoms with Crippen LogP contribution in [0.25, 0.3) is 32.1 Å². The molecule has 0 atom stereocenters. The molecule has 1 aliphatic heterocycles. The Morgan fingerprint density at radius 3 is 2.54 bits per heavy atom. The van der Waals surface area contributed by atoms with Gasteiger partial charge in [-0.1, -0.05) is 24.8 Å². The molecule has 3 heterocycles. The second-order valence-electron chi connectivity index (χ2n) is 9.80. The molecule has 6 rings (SSSR count). The van der Waals surface area contributed by atoms with Gasteiger partial charge in [0.25, 0.3) is 0 Å². The zero-order valence-corrected chi connectivity index (χ0v) is 23.7. The molecule has 208 valence electrons. The van der Waals surface area contributed by atoms with E-state index < -0.39 is 0 Å². The zero-order chi connectivity index (χ0) is 28.3. The van der Waals surface area contributed by atoms with Gasteiger partial charge in [-0.2, -0.15) is 0 Å². The molecule has 1 aliphatic rings. The summed E-state index contributed by atoms with van der Waals surface area (Å²) in [5.74, 6) is 2.47. The molecule has 0 bridgehead atoms. The molecule has 1 amide bonds. The molecule has 5 aromatic rings. The lowest BCUT2D eigenvalue weighted by Crippen LogP contribution is -2.41. The van der Waals surface area contributed by atoms with Crippen LogP contribution in [0.3, 0.4) is 0 Å². The van der Waals surface area contributed by atoms with E-state index in [-0.39, 0.29) is 12.0 Å². The number of fused-ring (bicyclic) bond motifs is 2. The maximum absolute atomic E-state index is 12.0. The van der Waals surface area contributed by atoms with Crippen LogP contribution in [0.2, 0.25) is 0 Å². The number of anilines is 2. The monoisotopic (exact) mass is 566 g/mol. The van der Waals surface area contributed by atoms with Crippen molar-refractivity contribution in [3.63, 3.8) is 0 Å². The summed E-state index contributed by atoms with van der Waals surface area (Å²) in [6, 6.07) is 18.5. The van der Waals surface area contributed by atoms with Crippen molar-refractivity contribution in [2.45, 2.75) is 18.9 Å². The molecule has 0 radical (unpaired) electrons. The van der Waals surface area contributed by atoms with E-state index in [0.29, 0.717) is 36.2 Å². The normalized spacial score (nSPS) is 13.8. The van der Waals surface area contributed by atoms with Gasteiger partial charge in [-0.15, -0.1) is 11.3 Å². The fraction of sp³-hybridized carbons (Fsp3) is 0.219. The number of amides is 1. The summed E-state index contributed by atoms with van der Waals surface area (Å²) in [5, 5.41) is 7.61. The Morgan fingerprint density at radius 1 is 0.976 bits per heavy atom. The quantitative estimate of drug-likeness (QED) is 0.206. The number of benzene rings is 3. The lowest BCUT2D eigenvalue weighted by molar-refractivity contribution is -0.127. The van der Waals surface area contributed by atoms with Gasteiger partial charge in [-0.05, 0) is 58.3 Å². The number of hydrogen-bond donors (Lipinski definition) is 1. The second kappa shape index (κ2) is 11.5. The molecule has 0 unspecified atom stereocenters. The van der Waals surface area contributed by atoms with E-state index >= 15 is 0 Å². The molecule has 2 aromatic heterocycles. The lowest BCUT2D eigenvalue weighted by atomic mass is 10.0. The van der Waals surface area contributed by atoms with Crippen molar-refractivity contribution >= 4 is 49.7 Å². The first-order chi connectivity index (χ1) is 20.1. The molecule has 1 saturated heterocycles. The number of methoxy groups -OCH3 is 2. The number of aromatic nitrogens is 2. The molecular weight excluding hydrogens is 536 g/mol. The van der Waals surface area contributed by atoms with Crippen LogP contribution in [0.15, 0.2) is 79.0 Å². The summed E-state index contributed by atoms with van der Waals surface area (Å²) < 4.78 is 19.0. The number of nitrogens with zero attached hydrogens (tertiary/aromatic N) is 3. The summed E-state index contributed by atoms with van der Waals surface area (Å²) >= 11 is 1.73. The van der Waals surface area contributed by atoms with Crippen molar-refractivity contribution in [3.8, 4) is 28.4 Å². The highest BCUT2D eigenvalue weighted by atomic mass is 32.1. The topological polar surface area (TPSA) is 85.8 Å². The first-order valence-corrected chi connectivity index (χ1v) is 14.3. The van der Waals surface area contributed by atoms with Crippen molar-refractivity contribution in [2.24, 2.45) is 0 Å². The van der Waals surface area contributed by atoms with Crippen molar-refractivity contribution in [2.75, 3.05) is 32.6 Å². The summed E-state index contributed by atoms with van der Waals surface area (Å²) in [4.78, 5) is 22.8. The molecule has 1 fully saturated rings. The lowest BCUT2D eigenvalue weighted by Gasteiger charge is -2.31.